The fraction of sp³-hybridized carbons (Fsp3) is 0.214. The molecule has 0 unspecified atom stereocenters. The van der Waals surface area contributed by atoms with Gasteiger partial charge in [0.25, 0.3) is 0 Å². The summed E-state index contributed by atoms with van der Waals surface area (Å²) in [6.07, 6.45) is 0.446. The van der Waals surface area contributed by atoms with Crippen molar-refractivity contribution in [2.24, 2.45) is 0 Å². The average molecular weight is 261 g/mol. The first-order valence-electron chi connectivity index (χ1n) is 5.70. The molecule has 94 valence electrons. The molecule has 1 aromatic heterocycles. The zero-order valence-corrected chi connectivity index (χ0v) is 11.0. The van der Waals surface area contributed by atoms with Gasteiger partial charge in [-0.05, 0) is 29.1 Å². The van der Waals surface area contributed by atoms with E-state index < -0.39 is 0 Å². The summed E-state index contributed by atoms with van der Waals surface area (Å²) < 4.78 is 5.14. The predicted octanol–water partition coefficient (Wildman–Crippen LogP) is 2.62. The smallest absolute Gasteiger partial charge is 0.225 e. The molecular formula is C14H15NO2S. The summed E-state index contributed by atoms with van der Waals surface area (Å²) >= 11 is 1.60. The largest absolute Gasteiger partial charge is 0.497 e. The maximum absolute atomic E-state index is 11.7. The highest BCUT2D eigenvalue weighted by atomic mass is 32.1. The molecule has 0 spiro atoms. The number of hydrogen-bond acceptors (Lipinski definition) is 3. The van der Waals surface area contributed by atoms with Crippen LogP contribution in [-0.4, -0.2) is 13.0 Å². The second-order valence-electron chi connectivity index (χ2n) is 3.88. The third kappa shape index (κ3) is 3.60. The predicted molar refractivity (Wildman–Crippen MR) is 72.9 cm³/mol. The molecule has 1 aromatic carbocycles. The maximum atomic E-state index is 11.7. The van der Waals surface area contributed by atoms with Crippen LogP contribution < -0.4 is 10.1 Å². The lowest BCUT2D eigenvalue weighted by Crippen LogP contribution is -2.24. The van der Waals surface area contributed by atoms with E-state index in [4.69, 9.17) is 4.74 Å². The summed E-state index contributed by atoms with van der Waals surface area (Å²) in [7, 11) is 1.63. The molecule has 4 heteroatoms. The number of nitrogens with one attached hydrogen (secondary N) is 1. The van der Waals surface area contributed by atoms with Gasteiger partial charge in [0.1, 0.15) is 5.75 Å². The van der Waals surface area contributed by atoms with Gasteiger partial charge in [0.05, 0.1) is 13.5 Å². The SMILES string of the molecule is COc1cccc(CNC(=O)Cc2cccs2)c1. The van der Waals surface area contributed by atoms with Gasteiger partial charge in [-0.25, -0.2) is 0 Å². The molecule has 0 fully saturated rings. The Bertz CT molecular complexity index is 508. The maximum Gasteiger partial charge on any atom is 0.225 e. The van der Waals surface area contributed by atoms with Gasteiger partial charge in [-0.15, -0.1) is 11.3 Å². The minimum Gasteiger partial charge on any atom is -0.497 e. The Kier molecular flexibility index (Phi) is 4.36. The monoisotopic (exact) mass is 261 g/mol. The van der Waals surface area contributed by atoms with Crippen LogP contribution in [-0.2, 0) is 17.8 Å². The van der Waals surface area contributed by atoms with Crippen molar-refractivity contribution in [1.29, 1.82) is 0 Å². The Labute approximate surface area is 110 Å². The van der Waals surface area contributed by atoms with Gasteiger partial charge in [0.15, 0.2) is 0 Å². The average Bonchev–Trinajstić information content (AvgIpc) is 2.89. The molecule has 1 amide bonds. The second-order valence-corrected chi connectivity index (χ2v) is 4.92. The van der Waals surface area contributed by atoms with Gasteiger partial charge in [0.2, 0.25) is 5.91 Å². The molecule has 0 aliphatic rings. The minimum atomic E-state index is 0.0419. The van der Waals surface area contributed by atoms with E-state index in [9.17, 15) is 4.79 Å². The molecule has 0 radical (unpaired) electrons. The lowest BCUT2D eigenvalue weighted by atomic mass is 10.2. The van der Waals surface area contributed by atoms with E-state index in [0.29, 0.717) is 13.0 Å². The summed E-state index contributed by atoms with van der Waals surface area (Å²) in [5.74, 6) is 0.847. The summed E-state index contributed by atoms with van der Waals surface area (Å²) in [5.41, 5.74) is 1.04. The molecule has 1 heterocycles. The van der Waals surface area contributed by atoms with Crippen molar-refractivity contribution in [2.45, 2.75) is 13.0 Å². The number of carbonyl (C=O) groups is 1. The Morgan fingerprint density at radius 2 is 2.22 bits per heavy atom. The van der Waals surface area contributed by atoms with E-state index in [1.165, 1.54) is 0 Å². The van der Waals surface area contributed by atoms with Gasteiger partial charge in [0, 0.05) is 11.4 Å². The number of thiophene rings is 1. The Morgan fingerprint density at radius 1 is 1.33 bits per heavy atom. The topological polar surface area (TPSA) is 38.3 Å². The molecule has 0 aliphatic carbocycles. The highest BCUT2D eigenvalue weighted by Gasteiger charge is 2.04. The van der Waals surface area contributed by atoms with Gasteiger partial charge >= 0.3 is 0 Å². The van der Waals surface area contributed by atoms with Gasteiger partial charge < -0.3 is 10.1 Å². The highest BCUT2D eigenvalue weighted by molar-refractivity contribution is 7.10. The van der Waals surface area contributed by atoms with Crippen LogP contribution in [0.2, 0.25) is 0 Å². The normalized spacial score (nSPS) is 10.1. The van der Waals surface area contributed by atoms with Crippen molar-refractivity contribution in [3.63, 3.8) is 0 Å². The summed E-state index contributed by atoms with van der Waals surface area (Å²) in [4.78, 5) is 12.8. The van der Waals surface area contributed by atoms with Crippen LogP contribution in [0.3, 0.4) is 0 Å². The van der Waals surface area contributed by atoms with Crippen molar-refractivity contribution in [3.8, 4) is 5.75 Å². The van der Waals surface area contributed by atoms with E-state index in [1.807, 2.05) is 41.8 Å². The second kappa shape index (κ2) is 6.21. The number of carbonyl (C=O) groups excluding carboxylic acids is 1. The van der Waals surface area contributed by atoms with E-state index >= 15 is 0 Å². The molecule has 0 saturated heterocycles. The van der Waals surface area contributed by atoms with Crippen LogP contribution in [0.5, 0.6) is 5.75 Å². The van der Waals surface area contributed by atoms with E-state index in [0.717, 1.165) is 16.2 Å². The van der Waals surface area contributed by atoms with Crippen molar-refractivity contribution >= 4 is 17.2 Å². The minimum absolute atomic E-state index is 0.0419. The fourth-order valence-corrected chi connectivity index (χ4v) is 2.32. The van der Waals surface area contributed by atoms with Gasteiger partial charge in [-0.2, -0.15) is 0 Å². The molecule has 2 rings (SSSR count). The van der Waals surface area contributed by atoms with Crippen LogP contribution >= 0.6 is 11.3 Å². The zero-order chi connectivity index (χ0) is 12.8. The van der Waals surface area contributed by atoms with Crippen molar-refractivity contribution in [1.82, 2.24) is 5.32 Å². The summed E-state index contributed by atoms with van der Waals surface area (Å²) in [6.45, 7) is 0.529. The number of ether oxygens (including phenoxy) is 1. The Balaban J connectivity index is 1.85. The van der Waals surface area contributed by atoms with Crippen LogP contribution in [0.4, 0.5) is 0 Å². The lowest BCUT2D eigenvalue weighted by Gasteiger charge is -2.06. The third-order valence-electron chi connectivity index (χ3n) is 2.54. The van der Waals surface area contributed by atoms with Crippen molar-refractivity contribution < 1.29 is 9.53 Å². The lowest BCUT2D eigenvalue weighted by molar-refractivity contribution is -0.120. The number of amides is 1. The van der Waals surface area contributed by atoms with Crippen molar-refractivity contribution in [2.75, 3.05) is 7.11 Å². The van der Waals surface area contributed by atoms with Crippen LogP contribution in [0.15, 0.2) is 41.8 Å². The van der Waals surface area contributed by atoms with Crippen LogP contribution in [0, 0.1) is 0 Å². The first-order chi connectivity index (χ1) is 8.78. The standard InChI is InChI=1S/C14H15NO2S/c1-17-12-5-2-4-11(8-12)10-15-14(16)9-13-6-3-7-18-13/h2-8H,9-10H2,1H3,(H,15,16). The molecule has 18 heavy (non-hydrogen) atoms. The first kappa shape index (κ1) is 12.6. The quantitative estimate of drug-likeness (QED) is 0.898. The van der Waals surface area contributed by atoms with Crippen molar-refractivity contribution in [3.05, 3.63) is 52.2 Å². The van der Waals surface area contributed by atoms with Gasteiger partial charge in [-0.1, -0.05) is 18.2 Å². The van der Waals surface area contributed by atoms with E-state index in [2.05, 4.69) is 5.32 Å². The van der Waals surface area contributed by atoms with E-state index in [1.54, 1.807) is 18.4 Å². The number of methoxy groups -OCH3 is 1. The van der Waals surface area contributed by atoms with Crippen LogP contribution in [0.25, 0.3) is 0 Å². The van der Waals surface area contributed by atoms with E-state index in [-0.39, 0.29) is 5.91 Å². The summed E-state index contributed by atoms with van der Waals surface area (Å²) in [5, 5.41) is 4.88. The number of benzene rings is 1. The summed E-state index contributed by atoms with van der Waals surface area (Å²) in [6, 6.07) is 11.6. The molecule has 0 aliphatic heterocycles. The Hall–Kier alpha value is -1.81. The van der Waals surface area contributed by atoms with Crippen LogP contribution in [0.1, 0.15) is 10.4 Å². The molecule has 0 bridgehead atoms. The third-order valence-corrected chi connectivity index (χ3v) is 3.42. The zero-order valence-electron chi connectivity index (χ0n) is 10.2. The van der Waals surface area contributed by atoms with Gasteiger partial charge in [-0.3, -0.25) is 4.79 Å². The number of rotatable bonds is 5. The molecule has 2 aromatic rings. The highest BCUT2D eigenvalue weighted by Crippen LogP contribution is 2.12. The number of hydrogen-bond donors (Lipinski definition) is 1. The molecule has 0 saturated carbocycles. The molecule has 3 nitrogen and oxygen atoms in total. The molecule has 0 atom stereocenters. The molecule has 1 N–H and O–H groups in total. The Morgan fingerprint density at radius 3 is 2.94 bits per heavy atom. The molecular weight excluding hydrogens is 246 g/mol. The first-order valence-corrected chi connectivity index (χ1v) is 6.58. The fourth-order valence-electron chi connectivity index (χ4n) is 1.62.